The number of anilines is 1. The van der Waals surface area contributed by atoms with Crippen LogP contribution in [0.2, 0.25) is 5.15 Å². The molecule has 0 saturated carbocycles. The third-order valence-corrected chi connectivity index (χ3v) is 3.16. The maximum Gasteiger partial charge on any atom is 0.303 e. The quantitative estimate of drug-likeness (QED) is 0.590. The van der Waals surface area contributed by atoms with E-state index in [2.05, 4.69) is 9.97 Å². The van der Waals surface area contributed by atoms with Crippen molar-refractivity contribution >= 4 is 23.5 Å². The fraction of sp³-hybridized carbons (Fsp3) is 0.267. The number of rotatable bonds is 7. The number of nitrogen functional groups attached to an aromatic ring is 1. The standard InChI is InChI=1S/C15H16ClN3O4/c1-22-11-5-4-9(10-8-13(16)19-15(17)18-10)7-12(11)23-6-2-3-14(20)21/h4-5,7-8H,2-3,6H2,1H3,(H,20,21)(H2,17,18,19). The van der Waals surface area contributed by atoms with Gasteiger partial charge in [0, 0.05) is 18.1 Å². The molecule has 2 rings (SSSR count). The number of methoxy groups -OCH3 is 1. The predicted octanol–water partition coefficient (Wildman–Crippen LogP) is 2.63. The molecular formula is C15H16ClN3O4. The van der Waals surface area contributed by atoms with Gasteiger partial charge in [-0.3, -0.25) is 4.79 Å². The molecule has 0 aliphatic heterocycles. The van der Waals surface area contributed by atoms with Crippen LogP contribution in [0.5, 0.6) is 11.5 Å². The van der Waals surface area contributed by atoms with Crippen LogP contribution >= 0.6 is 11.6 Å². The summed E-state index contributed by atoms with van der Waals surface area (Å²) in [6, 6.07) is 6.85. The maximum absolute atomic E-state index is 10.5. The van der Waals surface area contributed by atoms with Crippen molar-refractivity contribution in [2.24, 2.45) is 0 Å². The molecule has 0 bridgehead atoms. The van der Waals surface area contributed by atoms with Gasteiger partial charge in [-0.15, -0.1) is 0 Å². The van der Waals surface area contributed by atoms with Gasteiger partial charge in [-0.1, -0.05) is 11.6 Å². The van der Waals surface area contributed by atoms with E-state index in [0.717, 1.165) is 5.56 Å². The lowest BCUT2D eigenvalue weighted by Crippen LogP contribution is -2.03. The predicted molar refractivity (Wildman–Crippen MR) is 85.8 cm³/mol. The second-order valence-corrected chi connectivity index (χ2v) is 5.03. The average molecular weight is 338 g/mol. The Kier molecular flexibility index (Phi) is 5.59. The first-order valence-electron chi connectivity index (χ1n) is 6.82. The van der Waals surface area contributed by atoms with Crippen molar-refractivity contribution in [3.05, 3.63) is 29.4 Å². The number of hydrogen-bond donors (Lipinski definition) is 2. The molecule has 1 aromatic carbocycles. The highest BCUT2D eigenvalue weighted by molar-refractivity contribution is 6.29. The molecule has 3 N–H and O–H groups in total. The number of carboxylic acid groups (broad SMARTS) is 1. The number of aliphatic carboxylic acids is 1. The van der Waals surface area contributed by atoms with Gasteiger partial charge in [0.15, 0.2) is 11.5 Å². The topological polar surface area (TPSA) is 108 Å². The van der Waals surface area contributed by atoms with Crippen molar-refractivity contribution in [3.63, 3.8) is 0 Å². The summed E-state index contributed by atoms with van der Waals surface area (Å²) in [6.45, 7) is 0.263. The summed E-state index contributed by atoms with van der Waals surface area (Å²) in [4.78, 5) is 18.5. The van der Waals surface area contributed by atoms with Gasteiger partial charge in [-0.05, 0) is 24.6 Å². The monoisotopic (exact) mass is 337 g/mol. The number of aromatic nitrogens is 2. The summed E-state index contributed by atoms with van der Waals surface area (Å²) in [5, 5.41) is 8.88. The van der Waals surface area contributed by atoms with E-state index in [4.69, 9.17) is 31.9 Å². The fourth-order valence-electron chi connectivity index (χ4n) is 1.94. The van der Waals surface area contributed by atoms with E-state index < -0.39 is 5.97 Å². The highest BCUT2D eigenvalue weighted by atomic mass is 35.5. The highest BCUT2D eigenvalue weighted by Crippen LogP contribution is 2.32. The van der Waals surface area contributed by atoms with Crippen LogP contribution < -0.4 is 15.2 Å². The van der Waals surface area contributed by atoms with E-state index >= 15 is 0 Å². The second-order valence-electron chi connectivity index (χ2n) is 4.65. The Labute approximate surface area is 138 Å². The first kappa shape index (κ1) is 16.8. The van der Waals surface area contributed by atoms with E-state index in [1.807, 2.05) is 0 Å². The van der Waals surface area contributed by atoms with Gasteiger partial charge in [0.25, 0.3) is 0 Å². The molecule has 1 heterocycles. The molecule has 0 amide bonds. The highest BCUT2D eigenvalue weighted by Gasteiger charge is 2.10. The van der Waals surface area contributed by atoms with Crippen molar-refractivity contribution in [3.8, 4) is 22.8 Å². The van der Waals surface area contributed by atoms with Crippen LogP contribution in [0.25, 0.3) is 11.3 Å². The zero-order valence-electron chi connectivity index (χ0n) is 12.5. The lowest BCUT2D eigenvalue weighted by Gasteiger charge is -2.12. The molecule has 0 fully saturated rings. The number of carbonyl (C=O) groups is 1. The van der Waals surface area contributed by atoms with Crippen molar-refractivity contribution in [2.75, 3.05) is 19.5 Å². The Morgan fingerprint density at radius 1 is 1.30 bits per heavy atom. The molecular weight excluding hydrogens is 322 g/mol. The molecule has 1 aromatic heterocycles. The zero-order chi connectivity index (χ0) is 16.8. The summed E-state index contributed by atoms with van der Waals surface area (Å²) in [6.07, 6.45) is 0.440. The van der Waals surface area contributed by atoms with Crippen LogP contribution in [-0.2, 0) is 4.79 Å². The van der Waals surface area contributed by atoms with Gasteiger partial charge in [0.05, 0.1) is 19.4 Å². The van der Waals surface area contributed by atoms with Crippen LogP contribution in [0.4, 0.5) is 5.95 Å². The molecule has 7 nitrogen and oxygen atoms in total. The molecule has 0 saturated heterocycles. The van der Waals surface area contributed by atoms with Crippen molar-refractivity contribution < 1.29 is 19.4 Å². The zero-order valence-corrected chi connectivity index (χ0v) is 13.2. The number of nitrogens with two attached hydrogens (primary N) is 1. The molecule has 0 aliphatic rings. The number of carboxylic acids is 1. The SMILES string of the molecule is COc1ccc(-c2cc(Cl)nc(N)n2)cc1OCCCC(=O)O. The van der Waals surface area contributed by atoms with E-state index in [1.165, 1.54) is 7.11 Å². The number of benzene rings is 1. The Morgan fingerprint density at radius 3 is 2.74 bits per heavy atom. The normalized spacial score (nSPS) is 10.3. The smallest absolute Gasteiger partial charge is 0.303 e. The second kappa shape index (κ2) is 7.64. The molecule has 0 unspecified atom stereocenters. The minimum absolute atomic E-state index is 0.0417. The summed E-state index contributed by atoms with van der Waals surface area (Å²) in [5.41, 5.74) is 6.89. The maximum atomic E-state index is 10.5. The van der Waals surface area contributed by atoms with Crippen LogP contribution in [0.1, 0.15) is 12.8 Å². The Morgan fingerprint density at radius 2 is 2.09 bits per heavy atom. The Hall–Kier alpha value is -2.54. The lowest BCUT2D eigenvalue weighted by molar-refractivity contribution is -0.137. The molecule has 122 valence electrons. The van der Waals surface area contributed by atoms with Crippen molar-refractivity contribution in [2.45, 2.75) is 12.8 Å². The molecule has 23 heavy (non-hydrogen) atoms. The first-order chi connectivity index (χ1) is 11.0. The molecule has 0 aliphatic carbocycles. The van der Waals surface area contributed by atoms with Gasteiger partial charge in [0.1, 0.15) is 5.15 Å². The number of hydrogen-bond acceptors (Lipinski definition) is 6. The number of halogens is 1. The summed E-state index contributed by atoms with van der Waals surface area (Å²) in [7, 11) is 1.53. The Balaban J connectivity index is 2.22. The van der Waals surface area contributed by atoms with Crippen LogP contribution in [0.15, 0.2) is 24.3 Å². The number of nitrogens with zero attached hydrogens (tertiary/aromatic N) is 2. The average Bonchev–Trinajstić information content (AvgIpc) is 2.50. The minimum Gasteiger partial charge on any atom is -0.493 e. The summed E-state index contributed by atoms with van der Waals surface area (Å²) in [5.74, 6) is 0.244. The van der Waals surface area contributed by atoms with Crippen LogP contribution in [0.3, 0.4) is 0 Å². The Bertz CT molecular complexity index is 689. The minimum atomic E-state index is -0.861. The third kappa shape index (κ3) is 4.72. The van der Waals surface area contributed by atoms with Crippen molar-refractivity contribution in [1.82, 2.24) is 9.97 Å². The van der Waals surface area contributed by atoms with Crippen LogP contribution in [-0.4, -0.2) is 34.8 Å². The van der Waals surface area contributed by atoms with E-state index in [1.54, 1.807) is 24.3 Å². The largest absolute Gasteiger partial charge is 0.493 e. The van der Waals surface area contributed by atoms with Crippen molar-refractivity contribution in [1.29, 1.82) is 0 Å². The van der Waals surface area contributed by atoms with E-state index in [9.17, 15) is 4.79 Å². The molecule has 0 radical (unpaired) electrons. The lowest BCUT2D eigenvalue weighted by atomic mass is 10.1. The van der Waals surface area contributed by atoms with E-state index in [-0.39, 0.29) is 24.1 Å². The van der Waals surface area contributed by atoms with Gasteiger partial charge in [0.2, 0.25) is 5.95 Å². The number of ether oxygens (including phenoxy) is 2. The molecule has 8 heteroatoms. The van der Waals surface area contributed by atoms with Gasteiger partial charge < -0.3 is 20.3 Å². The van der Waals surface area contributed by atoms with Gasteiger partial charge in [-0.2, -0.15) is 0 Å². The third-order valence-electron chi connectivity index (χ3n) is 2.96. The van der Waals surface area contributed by atoms with Gasteiger partial charge >= 0.3 is 5.97 Å². The summed E-state index contributed by atoms with van der Waals surface area (Å²) >= 11 is 5.89. The fourth-order valence-corrected chi connectivity index (χ4v) is 2.13. The van der Waals surface area contributed by atoms with Gasteiger partial charge in [-0.25, -0.2) is 9.97 Å². The molecule has 2 aromatic rings. The summed E-state index contributed by atoms with van der Waals surface area (Å²) < 4.78 is 10.8. The first-order valence-corrected chi connectivity index (χ1v) is 7.20. The molecule has 0 atom stereocenters. The molecule has 0 spiro atoms. The van der Waals surface area contributed by atoms with E-state index in [0.29, 0.717) is 23.6 Å². The van der Waals surface area contributed by atoms with Crippen LogP contribution in [0, 0.1) is 0 Å².